The van der Waals surface area contributed by atoms with Gasteiger partial charge in [-0.25, -0.2) is 0 Å². The van der Waals surface area contributed by atoms with E-state index >= 15 is 0 Å². The fourth-order valence-electron chi connectivity index (χ4n) is 1.08. The monoisotopic (exact) mass is 166 g/mol. The number of aromatic nitrogens is 1. The molecule has 0 aliphatic carbocycles. The van der Waals surface area contributed by atoms with Crippen LogP contribution in [-0.4, -0.2) is 4.74 Å². The summed E-state index contributed by atoms with van der Waals surface area (Å²) in [5.74, 6) is 0.148. The third-order valence-corrected chi connectivity index (χ3v) is 1.67. The molecule has 0 aliphatic rings. The minimum absolute atomic E-state index is 0.0251. The number of hydrogen-bond donors (Lipinski definition) is 0. The summed E-state index contributed by atoms with van der Waals surface area (Å²) in [4.78, 5) is 11.3. The van der Waals surface area contributed by atoms with Crippen LogP contribution in [0, 0.1) is 11.3 Å². The normalized spacial score (nSPS) is 10.2. The van der Waals surface area contributed by atoms with Crippen molar-refractivity contribution in [1.82, 2.24) is 4.74 Å². The van der Waals surface area contributed by atoms with E-state index in [1.54, 1.807) is 0 Å². The molecule has 0 N–H and O–H groups in total. The van der Waals surface area contributed by atoms with Crippen molar-refractivity contribution in [3.63, 3.8) is 0 Å². The van der Waals surface area contributed by atoms with Gasteiger partial charge in [-0.05, 0) is 5.92 Å². The van der Waals surface area contributed by atoms with Crippen molar-refractivity contribution < 1.29 is 4.52 Å². The van der Waals surface area contributed by atoms with Crippen molar-refractivity contribution in [3.8, 4) is 6.07 Å². The largest absolute Gasteiger partial charge is 0.365 e. The van der Waals surface area contributed by atoms with Crippen molar-refractivity contribution in [2.45, 2.75) is 19.8 Å². The maximum Gasteiger partial charge on any atom is 0.287 e. The van der Waals surface area contributed by atoms with Crippen LogP contribution >= 0.6 is 0 Å². The van der Waals surface area contributed by atoms with Gasteiger partial charge in [-0.1, -0.05) is 13.8 Å². The first-order valence-electron chi connectivity index (χ1n) is 3.68. The maximum atomic E-state index is 11.3. The minimum Gasteiger partial charge on any atom is -0.365 e. The van der Waals surface area contributed by atoms with E-state index in [-0.39, 0.29) is 17.2 Å². The van der Waals surface area contributed by atoms with Gasteiger partial charge in [-0.15, -0.1) is 0 Å². The molecular weight excluding hydrogens is 156 g/mol. The van der Waals surface area contributed by atoms with Gasteiger partial charge in [0.2, 0.25) is 5.76 Å². The molecule has 1 aromatic heterocycles. The quantitative estimate of drug-likeness (QED) is 0.624. The van der Waals surface area contributed by atoms with Gasteiger partial charge in [-0.3, -0.25) is 4.79 Å². The van der Waals surface area contributed by atoms with Gasteiger partial charge < -0.3 is 4.52 Å². The van der Waals surface area contributed by atoms with E-state index in [4.69, 9.17) is 9.78 Å². The van der Waals surface area contributed by atoms with E-state index in [1.807, 2.05) is 19.9 Å². The van der Waals surface area contributed by atoms with Crippen molar-refractivity contribution in [2.24, 2.45) is 7.05 Å². The molecule has 0 saturated heterocycles. The summed E-state index contributed by atoms with van der Waals surface area (Å²) in [6, 6.07) is 1.85. The molecule has 64 valence electrons. The third kappa shape index (κ3) is 1.14. The zero-order chi connectivity index (χ0) is 9.30. The van der Waals surface area contributed by atoms with Crippen LogP contribution in [0.4, 0.5) is 0 Å². The Hall–Kier alpha value is -1.50. The molecule has 0 spiro atoms. The number of rotatable bonds is 1. The second-order valence-electron chi connectivity index (χ2n) is 2.90. The highest BCUT2D eigenvalue weighted by atomic mass is 16.5. The van der Waals surface area contributed by atoms with E-state index in [9.17, 15) is 4.79 Å². The van der Waals surface area contributed by atoms with E-state index in [0.717, 1.165) is 4.74 Å². The molecule has 0 fully saturated rings. The lowest BCUT2D eigenvalue weighted by Crippen LogP contribution is -2.14. The Kier molecular flexibility index (Phi) is 2.05. The fraction of sp³-hybridized carbons (Fsp3) is 0.500. The molecule has 0 bridgehead atoms. The zero-order valence-corrected chi connectivity index (χ0v) is 7.29. The molecule has 0 radical (unpaired) electrons. The highest BCUT2D eigenvalue weighted by Crippen LogP contribution is 2.14. The Balaban J connectivity index is 3.44. The summed E-state index contributed by atoms with van der Waals surface area (Å²) in [6.07, 6.45) is 0. The van der Waals surface area contributed by atoms with E-state index < -0.39 is 0 Å². The van der Waals surface area contributed by atoms with Crippen LogP contribution in [0.15, 0.2) is 9.32 Å². The molecule has 12 heavy (non-hydrogen) atoms. The Labute approximate surface area is 70.0 Å². The second-order valence-corrected chi connectivity index (χ2v) is 2.90. The number of hydrogen-bond acceptors (Lipinski definition) is 3. The number of nitriles is 1. The predicted molar refractivity (Wildman–Crippen MR) is 42.8 cm³/mol. The topological polar surface area (TPSA) is 58.9 Å². The maximum absolute atomic E-state index is 11.3. The molecule has 0 atom stereocenters. The standard InChI is InChI=1S/C8H10N2O2/c1-5(2)7-6(4-9)12-10(3)8(7)11/h5H,1-3H3. The van der Waals surface area contributed by atoms with Crippen molar-refractivity contribution in [2.75, 3.05) is 0 Å². The first-order valence-corrected chi connectivity index (χ1v) is 3.68. The predicted octanol–water partition coefficient (Wildman–Crippen LogP) is 0.973. The van der Waals surface area contributed by atoms with E-state index in [2.05, 4.69) is 0 Å². The summed E-state index contributed by atoms with van der Waals surface area (Å²) in [5.41, 5.74) is 0.238. The minimum atomic E-state index is -0.221. The lowest BCUT2D eigenvalue weighted by Gasteiger charge is -1.95. The fourth-order valence-corrected chi connectivity index (χ4v) is 1.08. The van der Waals surface area contributed by atoms with Crippen LogP contribution in [-0.2, 0) is 7.05 Å². The molecule has 1 aromatic rings. The van der Waals surface area contributed by atoms with Gasteiger partial charge >= 0.3 is 0 Å². The first-order chi connectivity index (χ1) is 5.57. The van der Waals surface area contributed by atoms with Crippen molar-refractivity contribution >= 4 is 0 Å². The molecule has 0 amide bonds. The van der Waals surface area contributed by atoms with Gasteiger partial charge in [0.25, 0.3) is 5.56 Å². The molecule has 1 heterocycles. The zero-order valence-electron chi connectivity index (χ0n) is 7.29. The Bertz CT molecular complexity index is 379. The molecule has 0 unspecified atom stereocenters. The molecule has 0 aliphatic heterocycles. The van der Waals surface area contributed by atoms with Gasteiger partial charge in [0.15, 0.2) is 0 Å². The molecule has 0 aromatic carbocycles. The smallest absolute Gasteiger partial charge is 0.287 e. The highest BCUT2D eigenvalue weighted by Gasteiger charge is 2.17. The van der Waals surface area contributed by atoms with E-state index in [1.165, 1.54) is 7.05 Å². The van der Waals surface area contributed by atoms with Gasteiger partial charge in [0.05, 0.1) is 5.56 Å². The van der Waals surface area contributed by atoms with Gasteiger partial charge in [0, 0.05) is 7.05 Å². The molecule has 4 nitrogen and oxygen atoms in total. The third-order valence-electron chi connectivity index (χ3n) is 1.67. The van der Waals surface area contributed by atoms with Crippen molar-refractivity contribution in [3.05, 3.63) is 21.7 Å². The van der Waals surface area contributed by atoms with Crippen LogP contribution in [0.25, 0.3) is 0 Å². The average Bonchev–Trinajstić information content (AvgIpc) is 2.28. The lowest BCUT2D eigenvalue weighted by atomic mass is 10.1. The summed E-state index contributed by atoms with van der Waals surface area (Å²) < 4.78 is 5.98. The van der Waals surface area contributed by atoms with E-state index in [0.29, 0.717) is 5.56 Å². The number of nitrogens with zero attached hydrogens (tertiary/aromatic N) is 2. The van der Waals surface area contributed by atoms with Crippen LogP contribution in [0.5, 0.6) is 0 Å². The second kappa shape index (κ2) is 2.86. The SMILES string of the molecule is CC(C)c1c(C#N)on(C)c1=O. The highest BCUT2D eigenvalue weighted by molar-refractivity contribution is 5.28. The summed E-state index contributed by atoms with van der Waals surface area (Å²) in [6.45, 7) is 3.71. The Morgan fingerprint density at radius 3 is 2.50 bits per heavy atom. The van der Waals surface area contributed by atoms with Crippen LogP contribution in [0.3, 0.4) is 0 Å². The summed E-state index contributed by atoms with van der Waals surface area (Å²) in [7, 11) is 1.50. The molecule has 4 heteroatoms. The number of aryl methyl sites for hydroxylation is 1. The lowest BCUT2D eigenvalue weighted by molar-refractivity contribution is 0.291. The van der Waals surface area contributed by atoms with Gasteiger partial charge in [0.1, 0.15) is 6.07 Å². The van der Waals surface area contributed by atoms with Crippen LogP contribution in [0.1, 0.15) is 31.1 Å². The summed E-state index contributed by atoms with van der Waals surface area (Å²) in [5, 5.41) is 8.61. The molecular formula is C8H10N2O2. The Morgan fingerprint density at radius 2 is 2.17 bits per heavy atom. The Morgan fingerprint density at radius 1 is 1.58 bits per heavy atom. The van der Waals surface area contributed by atoms with Gasteiger partial charge in [-0.2, -0.15) is 10.0 Å². The van der Waals surface area contributed by atoms with Crippen LogP contribution in [0.2, 0.25) is 0 Å². The summed E-state index contributed by atoms with van der Waals surface area (Å²) >= 11 is 0. The first kappa shape index (κ1) is 8.60. The van der Waals surface area contributed by atoms with Crippen LogP contribution < -0.4 is 5.56 Å². The molecule has 0 saturated carbocycles. The average molecular weight is 166 g/mol. The molecule has 1 rings (SSSR count). The van der Waals surface area contributed by atoms with Crippen molar-refractivity contribution in [1.29, 1.82) is 5.26 Å².